The van der Waals surface area contributed by atoms with Gasteiger partial charge in [-0.05, 0) is 54.0 Å². The Morgan fingerprint density at radius 1 is 1.17 bits per heavy atom. The SMILES string of the molecule is CCOc1ccc(CNC(=O)C2CCCN(C3NC(=O)C4SC=C(c5ccccc5)C4N3)C2)cc1. The fraction of sp³-hybridized carbons (Fsp3) is 0.407. The summed E-state index contributed by atoms with van der Waals surface area (Å²) in [6, 6.07) is 18.0. The molecule has 2 saturated heterocycles. The molecule has 7 nitrogen and oxygen atoms in total. The smallest absolute Gasteiger partial charge is 0.237 e. The van der Waals surface area contributed by atoms with Gasteiger partial charge < -0.3 is 15.4 Å². The fourth-order valence-electron chi connectivity index (χ4n) is 5.01. The lowest BCUT2D eigenvalue weighted by atomic mass is 9.94. The Morgan fingerprint density at radius 3 is 2.74 bits per heavy atom. The van der Waals surface area contributed by atoms with Crippen LogP contribution in [0, 0.1) is 5.92 Å². The average molecular weight is 493 g/mol. The highest BCUT2D eigenvalue weighted by Gasteiger charge is 2.44. The van der Waals surface area contributed by atoms with Gasteiger partial charge in [-0.3, -0.25) is 19.8 Å². The number of amides is 2. The van der Waals surface area contributed by atoms with Crippen LogP contribution in [0.5, 0.6) is 5.75 Å². The van der Waals surface area contributed by atoms with Crippen molar-refractivity contribution in [1.29, 1.82) is 0 Å². The van der Waals surface area contributed by atoms with Crippen LogP contribution >= 0.6 is 11.8 Å². The maximum atomic E-state index is 13.0. The van der Waals surface area contributed by atoms with E-state index >= 15 is 0 Å². The van der Waals surface area contributed by atoms with Crippen molar-refractivity contribution in [2.75, 3.05) is 19.7 Å². The highest BCUT2D eigenvalue weighted by Crippen LogP contribution is 2.38. The number of benzene rings is 2. The predicted molar refractivity (Wildman–Crippen MR) is 138 cm³/mol. The standard InChI is InChI=1S/C27H32N4O3S/c1-2-34-21-12-10-18(11-13-21)15-28-25(32)20-9-6-14-31(16-20)27-29-23-22(19-7-4-3-5-8-19)17-35-24(23)26(33)30-27/h3-5,7-8,10-13,17,20,23-24,27,29H,2,6,9,14-16H2,1H3,(H,28,32)(H,30,33). The van der Waals surface area contributed by atoms with E-state index in [0.29, 0.717) is 19.7 Å². The maximum absolute atomic E-state index is 13.0. The summed E-state index contributed by atoms with van der Waals surface area (Å²) in [6.07, 6.45) is 1.49. The number of nitrogens with zero attached hydrogens (tertiary/aromatic N) is 1. The van der Waals surface area contributed by atoms with Crippen LogP contribution in [-0.2, 0) is 16.1 Å². The maximum Gasteiger partial charge on any atom is 0.237 e. The average Bonchev–Trinajstić information content (AvgIpc) is 3.34. The second-order valence-electron chi connectivity index (χ2n) is 9.18. The summed E-state index contributed by atoms with van der Waals surface area (Å²) in [6.45, 7) is 4.54. The van der Waals surface area contributed by atoms with Gasteiger partial charge in [-0.2, -0.15) is 0 Å². The van der Waals surface area contributed by atoms with Crippen molar-refractivity contribution >= 4 is 29.1 Å². The van der Waals surface area contributed by atoms with E-state index in [1.807, 2.05) is 49.4 Å². The highest BCUT2D eigenvalue weighted by atomic mass is 32.2. The molecule has 4 unspecified atom stereocenters. The molecule has 3 aliphatic heterocycles. The molecule has 0 saturated carbocycles. The molecule has 35 heavy (non-hydrogen) atoms. The van der Waals surface area contributed by atoms with E-state index in [1.165, 1.54) is 0 Å². The van der Waals surface area contributed by atoms with E-state index in [0.717, 1.165) is 41.8 Å². The quantitative estimate of drug-likeness (QED) is 0.551. The van der Waals surface area contributed by atoms with Gasteiger partial charge in [0.05, 0.1) is 18.6 Å². The van der Waals surface area contributed by atoms with Crippen molar-refractivity contribution in [2.45, 2.75) is 43.9 Å². The molecule has 5 rings (SSSR count). The van der Waals surface area contributed by atoms with Crippen molar-refractivity contribution < 1.29 is 14.3 Å². The third-order valence-corrected chi connectivity index (χ3v) is 8.02. The third kappa shape index (κ3) is 5.39. The summed E-state index contributed by atoms with van der Waals surface area (Å²) in [7, 11) is 0. The van der Waals surface area contributed by atoms with Crippen molar-refractivity contribution in [1.82, 2.24) is 20.9 Å². The Morgan fingerprint density at radius 2 is 1.97 bits per heavy atom. The van der Waals surface area contributed by atoms with E-state index in [-0.39, 0.29) is 35.3 Å². The molecule has 4 atom stereocenters. The molecule has 8 heteroatoms. The van der Waals surface area contributed by atoms with Crippen molar-refractivity contribution in [3.05, 3.63) is 71.1 Å². The summed E-state index contributed by atoms with van der Waals surface area (Å²) in [4.78, 5) is 28.1. The van der Waals surface area contributed by atoms with Crippen LogP contribution in [0.2, 0.25) is 0 Å². The van der Waals surface area contributed by atoms with E-state index in [4.69, 9.17) is 4.74 Å². The van der Waals surface area contributed by atoms with Crippen molar-refractivity contribution in [2.24, 2.45) is 5.92 Å². The zero-order valence-electron chi connectivity index (χ0n) is 19.9. The minimum absolute atomic E-state index is 0.0463. The first-order valence-corrected chi connectivity index (χ1v) is 13.3. The van der Waals surface area contributed by atoms with E-state index in [9.17, 15) is 9.59 Å². The summed E-state index contributed by atoms with van der Waals surface area (Å²) in [5.41, 5.74) is 3.33. The molecule has 0 spiro atoms. The van der Waals surface area contributed by atoms with Crippen LogP contribution in [0.25, 0.3) is 5.57 Å². The summed E-state index contributed by atoms with van der Waals surface area (Å²) in [5, 5.41) is 11.8. The summed E-state index contributed by atoms with van der Waals surface area (Å²) >= 11 is 1.57. The largest absolute Gasteiger partial charge is 0.494 e. The first-order valence-electron chi connectivity index (χ1n) is 12.3. The topological polar surface area (TPSA) is 82.7 Å². The Labute approximate surface area is 210 Å². The van der Waals surface area contributed by atoms with Gasteiger partial charge in [-0.15, -0.1) is 11.8 Å². The Balaban J connectivity index is 1.19. The molecule has 2 aromatic carbocycles. The number of ether oxygens (including phenoxy) is 1. The summed E-state index contributed by atoms with van der Waals surface area (Å²) in [5.74, 6) is 0.837. The van der Waals surface area contributed by atoms with Crippen LogP contribution in [0.4, 0.5) is 0 Å². The van der Waals surface area contributed by atoms with Crippen LogP contribution in [-0.4, -0.2) is 54.0 Å². The van der Waals surface area contributed by atoms with Gasteiger partial charge in [0, 0.05) is 19.6 Å². The highest BCUT2D eigenvalue weighted by molar-refractivity contribution is 8.04. The van der Waals surface area contributed by atoms with Gasteiger partial charge in [0.2, 0.25) is 11.8 Å². The number of nitrogens with one attached hydrogen (secondary N) is 3. The number of carbonyl (C=O) groups excluding carboxylic acids is 2. The minimum Gasteiger partial charge on any atom is -0.494 e. The van der Waals surface area contributed by atoms with Crippen molar-refractivity contribution in [3.8, 4) is 5.75 Å². The molecule has 0 aromatic heterocycles. The van der Waals surface area contributed by atoms with Crippen molar-refractivity contribution in [3.63, 3.8) is 0 Å². The monoisotopic (exact) mass is 492 g/mol. The number of hydrogen-bond donors (Lipinski definition) is 3. The molecule has 184 valence electrons. The van der Waals surface area contributed by atoms with Crippen LogP contribution < -0.4 is 20.7 Å². The molecule has 3 aliphatic rings. The number of fused-ring (bicyclic) bond motifs is 1. The van der Waals surface area contributed by atoms with E-state index < -0.39 is 0 Å². The van der Waals surface area contributed by atoms with Gasteiger partial charge in [0.1, 0.15) is 17.3 Å². The number of hydrogen-bond acceptors (Lipinski definition) is 6. The molecule has 2 fully saturated rings. The zero-order chi connectivity index (χ0) is 24.2. The predicted octanol–water partition coefficient (Wildman–Crippen LogP) is 2.94. The molecular weight excluding hydrogens is 460 g/mol. The fourth-order valence-corrected chi connectivity index (χ4v) is 6.16. The minimum atomic E-state index is -0.281. The Hall–Kier alpha value is -2.81. The van der Waals surface area contributed by atoms with Crippen LogP contribution in [0.15, 0.2) is 60.0 Å². The normalized spacial score (nSPS) is 26.4. The van der Waals surface area contributed by atoms with Crippen LogP contribution in [0.3, 0.4) is 0 Å². The lowest BCUT2D eigenvalue weighted by Crippen LogP contribution is -2.69. The van der Waals surface area contributed by atoms with Gasteiger partial charge in [-0.1, -0.05) is 42.5 Å². The first kappa shape index (κ1) is 23.9. The van der Waals surface area contributed by atoms with Gasteiger partial charge in [0.15, 0.2) is 0 Å². The number of thioether (sulfide) groups is 1. The van der Waals surface area contributed by atoms with E-state index in [1.54, 1.807) is 11.8 Å². The molecule has 3 N–H and O–H groups in total. The molecule has 3 heterocycles. The lowest BCUT2D eigenvalue weighted by molar-refractivity contribution is -0.129. The molecule has 2 amide bonds. The number of likely N-dealkylation sites (tertiary alicyclic amines) is 1. The molecule has 2 aromatic rings. The third-order valence-electron chi connectivity index (χ3n) is 6.85. The zero-order valence-corrected chi connectivity index (χ0v) is 20.7. The first-order chi connectivity index (χ1) is 17.1. The summed E-state index contributed by atoms with van der Waals surface area (Å²) < 4.78 is 5.48. The molecule has 0 bridgehead atoms. The van der Waals surface area contributed by atoms with Gasteiger partial charge in [-0.25, -0.2) is 0 Å². The second-order valence-corrected chi connectivity index (χ2v) is 10.2. The second kappa shape index (κ2) is 10.8. The van der Waals surface area contributed by atoms with Crippen LogP contribution in [0.1, 0.15) is 30.9 Å². The Bertz CT molecular complexity index is 1080. The van der Waals surface area contributed by atoms with Gasteiger partial charge in [0.25, 0.3) is 0 Å². The molecular formula is C27H32N4O3S. The number of piperidine rings is 1. The molecule has 0 aliphatic carbocycles. The number of carbonyl (C=O) groups is 2. The molecule has 0 radical (unpaired) electrons. The lowest BCUT2D eigenvalue weighted by Gasteiger charge is -2.43. The van der Waals surface area contributed by atoms with Gasteiger partial charge >= 0.3 is 0 Å². The number of rotatable bonds is 7. The Kier molecular flexibility index (Phi) is 7.41. The van der Waals surface area contributed by atoms with E-state index in [2.05, 4.69) is 38.4 Å².